The molecule has 0 unspecified atom stereocenters. The van der Waals surface area contributed by atoms with Gasteiger partial charge in [-0.2, -0.15) is 4.98 Å². The second-order valence-corrected chi connectivity index (χ2v) is 8.75. The SMILES string of the molecule is CCc1ccc(-c2cc(N3CCN(c4ncccc4Cl)CC3)nc(N3CCOCC3)n2)cc1. The van der Waals surface area contributed by atoms with Crippen molar-refractivity contribution in [3.63, 3.8) is 0 Å². The smallest absolute Gasteiger partial charge is 0.228 e. The van der Waals surface area contributed by atoms with E-state index in [0.717, 1.165) is 74.5 Å². The van der Waals surface area contributed by atoms with Crippen molar-refractivity contribution in [3.8, 4) is 11.3 Å². The number of aryl methyl sites for hydroxylation is 1. The standard InChI is InChI=1S/C25H29ClN6O/c1-2-19-5-7-20(8-6-19)22-18-23(29-25(28-22)32-14-16-33-17-15-32)30-10-12-31(13-11-30)24-21(26)4-3-9-27-24/h3-9,18H,2,10-17H2,1H3. The monoisotopic (exact) mass is 464 g/mol. The van der Waals surface area contributed by atoms with E-state index >= 15 is 0 Å². The van der Waals surface area contributed by atoms with E-state index in [0.29, 0.717) is 18.2 Å². The molecule has 2 aliphatic rings. The first kappa shape index (κ1) is 21.9. The molecule has 7 nitrogen and oxygen atoms in total. The van der Waals surface area contributed by atoms with Crippen molar-refractivity contribution < 1.29 is 4.74 Å². The van der Waals surface area contributed by atoms with E-state index in [-0.39, 0.29) is 0 Å². The van der Waals surface area contributed by atoms with Gasteiger partial charge < -0.3 is 19.4 Å². The van der Waals surface area contributed by atoms with Crippen LogP contribution in [-0.2, 0) is 11.2 Å². The number of benzene rings is 1. The summed E-state index contributed by atoms with van der Waals surface area (Å²) in [6.07, 6.45) is 2.82. The average molecular weight is 465 g/mol. The highest BCUT2D eigenvalue weighted by Gasteiger charge is 2.23. The van der Waals surface area contributed by atoms with E-state index in [1.807, 2.05) is 12.1 Å². The van der Waals surface area contributed by atoms with Crippen LogP contribution in [0.2, 0.25) is 5.02 Å². The molecule has 0 radical (unpaired) electrons. The Labute approximate surface area is 200 Å². The minimum atomic E-state index is 0.695. The van der Waals surface area contributed by atoms with Gasteiger partial charge >= 0.3 is 0 Å². The van der Waals surface area contributed by atoms with Crippen LogP contribution in [-0.4, -0.2) is 67.4 Å². The third-order valence-electron chi connectivity index (χ3n) is 6.29. The van der Waals surface area contributed by atoms with E-state index in [4.69, 9.17) is 26.3 Å². The number of nitrogens with zero attached hydrogens (tertiary/aromatic N) is 6. The molecule has 2 fully saturated rings. The van der Waals surface area contributed by atoms with Gasteiger partial charge in [-0.3, -0.25) is 0 Å². The number of pyridine rings is 1. The Morgan fingerprint density at radius 1 is 0.879 bits per heavy atom. The summed E-state index contributed by atoms with van der Waals surface area (Å²) in [5.41, 5.74) is 3.40. The maximum Gasteiger partial charge on any atom is 0.228 e. The number of anilines is 3. The predicted molar refractivity (Wildman–Crippen MR) is 134 cm³/mol. The molecular weight excluding hydrogens is 436 g/mol. The summed E-state index contributed by atoms with van der Waals surface area (Å²) in [5.74, 6) is 2.60. The predicted octanol–water partition coefficient (Wildman–Crippen LogP) is 3.92. The Morgan fingerprint density at radius 2 is 1.61 bits per heavy atom. The summed E-state index contributed by atoms with van der Waals surface area (Å²) in [5, 5.41) is 0.695. The van der Waals surface area contributed by atoms with E-state index < -0.39 is 0 Å². The van der Waals surface area contributed by atoms with Crippen LogP contribution in [0.1, 0.15) is 12.5 Å². The molecule has 1 aromatic carbocycles. The topological polar surface area (TPSA) is 57.6 Å². The molecule has 2 saturated heterocycles. The normalized spacial score (nSPS) is 16.8. The molecule has 4 heterocycles. The number of hydrogen-bond donors (Lipinski definition) is 0. The van der Waals surface area contributed by atoms with Crippen molar-refractivity contribution in [2.24, 2.45) is 0 Å². The zero-order valence-corrected chi connectivity index (χ0v) is 19.7. The van der Waals surface area contributed by atoms with Crippen molar-refractivity contribution >= 4 is 29.2 Å². The maximum atomic E-state index is 6.37. The fourth-order valence-electron chi connectivity index (χ4n) is 4.31. The second kappa shape index (κ2) is 9.93. The van der Waals surface area contributed by atoms with Crippen LogP contribution < -0.4 is 14.7 Å². The molecule has 0 aliphatic carbocycles. The van der Waals surface area contributed by atoms with Crippen LogP contribution in [0.15, 0.2) is 48.7 Å². The van der Waals surface area contributed by atoms with Crippen molar-refractivity contribution in [2.75, 3.05) is 67.2 Å². The third-order valence-corrected chi connectivity index (χ3v) is 6.59. The lowest BCUT2D eigenvalue weighted by Crippen LogP contribution is -2.47. The van der Waals surface area contributed by atoms with E-state index in [9.17, 15) is 0 Å². The zero-order chi connectivity index (χ0) is 22.6. The lowest BCUT2D eigenvalue weighted by molar-refractivity contribution is 0.122. The Morgan fingerprint density at radius 3 is 2.30 bits per heavy atom. The van der Waals surface area contributed by atoms with Gasteiger partial charge in [0.05, 0.1) is 23.9 Å². The van der Waals surface area contributed by atoms with E-state index in [1.54, 1.807) is 6.20 Å². The average Bonchev–Trinajstić information content (AvgIpc) is 2.89. The highest BCUT2D eigenvalue weighted by molar-refractivity contribution is 6.32. The van der Waals surface area contributed by atoms with Gasteiger partial charge in [0.15, 0.2) is 0 Å². The van der Waals surface area contributed by atoms with Crippen LogP contribution in [0.5, 0.6) is 0 Å². The van der Waals surface area contributed by atoms with Gasteiger partial charge in [0.25, 0.3) is 0 Å². The highest BCUT2D eigenvalue weighted by Crippen LogP contribution is 2.28. The Hall–Kier alpha value is -2.90. The van der Waals surface area contributed by atoms with Crippen LogP contribution in [0.3, 0.4) is 0 Å². The summed E-state index contributed by atoms with van der Waals surface area (Å²) in [6.45, 7) is 8.58. The molecule has 3 aromatic rings. The molecule has 2 aromatic heterocycles. The van der Waals surface area contributed by atoms with Crippen molar-refractivity contribution in [1.82, 2.24) is 15.0 Å². The first-order chi connectivity index (χ1) is 16.2. The fraction of sp³-hybridized carbons (Fsp3) is 0.400. The number of ether oxygens (including phenoxy) is 1. The van der Waals surface area contributed by atoms with Gasteiger partial charge in [-0.1, -0.05) is 42.8 Å². The van der Waals surface area contributed by atoms with Gasteiger partial charge in [0, 0.05) is 57.1 Å². The summed E-state index contributed by atoms with van der Waals surface area (Å²) in [6, 6.07) is 14.6. The van der Waals surface area contributed by atoms with E-state index in [2.05, 4.69) is 56.9 Å². The molecule has 0 bridgehead atoms. The van der Waals surface area contributed by atoms with Crippen LogP contribution in [0.25, 0.3) is 11.3 Å². The molecule has 0 atom stereocenters. The zero-order valence-electron chi connectivity index (χ0n) is 19.0. The lowest BCUT2D eigenvalue weighted by atomic mass is 10.1. The minimum Gasteiger partial charge on any atom is -0.378 e. The first-order valence-corrected chi connectivity index (χ1v) is 12.0. The highest BCUT2D eigenvalue weighted by atomic mass is 35.5. The van der Waals surface area contributed by atoms with Crippen LogP contribution in [0.4, 0.5) is 17.6 Å². The van der Waals surface area contributed by atoms with Crippen LogP contribution in [0, 0.1) is 0 Å². The molecule has 0 spiro atoms. The van der Waals surface area contributed by atoms with Gasteiger partial charge in [-0.15, -0.1) is 0 Å². The van der Waals surface area contributed by atoms with Crippen molar-refractivity contribution in [3.05, 3.63) is 59.2 Å². The largest absolute Gasteiger partial charge is 0.378 e. The Balaban J connectivity index is 1.41. The number of hydrogen-bond acceptors (Lipinski definition) is 7. The molecule has 0 N–H and O–H groups in total. The first-order valence-electron chi connectivity index (χ1n) is 11.6. The van der Waals surface area contributed by atoms with Gasteiger partial charge in [0.1, 0.15) is 11.6 Å². The summed E-state index contributed by atoms with van der Waals surface area (Å²) < 4.78 is 5.54. The molecule has 5 rings (SSSR count). The quantitative estimate of drug-likeness (QED) is 0.567. The lowest BCUT2D eigenvalue weighted by Gasteiger charge is -2.37. The Bertz CT molecular complexity index is 1080. The minimum absolute atomic E-state index is 0.695. The summed E-state index contributed by atoms with van der Waals surface area (Å²) >= 11 is 6.37. The summed E-state index contributed by atoms with van der Waals surface area (Å²) in [7, 11) is 0. The number of halogens is 1. The van der Waals surface area contributed by atoms with E-state index in [1.165, 1.54) is 5.56 Å². The molecule has 0 amide bonds. The van der Waals surface area contributed by atoms with Gasteiger partial charge in [-0.05, 0) is 24.1 Å². The summed E-state index contributed by atoms with van der Waals surface area (Å²) in [4.78, 5) is 21.2. The number of piperazine rings is 1. The molecule has 2 aliphatic heterocycles. The van der Waals surface area contributed by atoms with Crippen LogP contribution >= 0.6 is 11.6 Å². The molecular formula is C25H29ClN6O. The van der Waals surface area contributed by atoms with Gasteiger partial charge in [0.2, 0.25) is 5.95 Å². The molecule has 33 heavy (non-hydrogen) atoms. The Kier molecular flexibility index (Phi) is 6.60. The number of aromatic nitrogens is 3. The molecule has 8 heteroatoms. The maximum absolute atomic E-state index is 6.37. The van der Waals surface area contributed by atoms with Gasteiger partial charge in [-0.25, -0.2) is 9.97 Å². The molecule has 0 saturated carbocycles. The van der Waals surface area contributed by atoms with Crippen molar-refractivity contribution in [1.29, 1.82) is 0 Å². The fourth-order valence-corrected chi connectivity index (χ4v) is 4.55. The number of rotatable bonds is 5. The second-order valence-electron chi connectivity index (χ2n) is 8.34. The van der Waals surface area contributed by atoms with Crippen molar-refractivity contribution in [2.45, 2.75) is 13.3 Å². The number of morpholine rings is 1. The molecule has 172 valence electrons. The third kappa shape index (κ3) is 4.89.